The second-order valence-electron chi connectivity index (χ2n) is 6.96. The minimum atomic E-state index is -3.85. The molecule has 29 heavy (non-hydrogen) atoms. The van der Waals surface area contributed by atoms with Crippen LogP contribution in [0.4, 0.5) is 0 Å². The Morgan fingerprint density at radius 3 is 2.41 bits per heavy atom. The fourth-order valence-electron chi connectivity index (χ4n) is 3.56. The average Bonchev–Trinajstić information content (AvgIpc) is 3.09. The van der Waals surface area contributed by atoms with Gasteiger partial charge >= 0.3 is 0 Å². The molecule has 0 bridgehead atoms. The van der Waals surface area contributed by atoms with Crippen molar-refractivity contribution in [3.05, 3.63) is 30.5 Å². The van der Waals surface area contributed by atoms with Crippen LogP contribution in [0.2, 0.25) is 0 Å². The minimum Gasteiger partial charge on any atom is -0.378 e. The summed E-state index contributed by atoms with van der Waals surface area (Å²) in [4.78, 5) is 28.3. The molecular weight excluding hydrogens is 394 g/mol. The van der Waals surface area contributed by atoms with E-state index in [1.54, 1.807) is 33.7 Å². The van der Waals surface area contributed by atoms with Crippen molar-refractivity contribution in [3.63, 3.8) is 0 Å². The number of sulfone groups is 1. The number of carbonyl (C=O) groups excluding carboxylic acids is 2. The van der Waals surface area contributed by atoms with Crippen LogP contribution in [0.5, 0.6) is 0 Å². The molecule has 158 valence electrons. The Kier molecular flexibility index (Phi) is 6.59. The number of hydrogen-bond acceptors (Lipinski definition) is 5. The number of carbonyl (C=O) groups is 2. The van der Waals surface area contributed by atoms with Crippen molar-refractivity contribution < 1.29 is 22.7 Å². The molecule has 0 aliphatic carbocycles. The summed E-state index contributed by atoms with van der Waals surface area (Å²) in [5.41, 5.74) is 0.656. The van der Waals surface area contributed by atoms with Crippen molar-refractivity contribution in [2.24, 2.45) is 0 Å². The topological polar surface area (TPSA) is 88.9 Å². The zero-order valence-corrected chi connectivity index (χ0v) is 17.7. The molecule has 2 aromatic rings. The first-order valence-electron chi connectivity index (χ1n) is 9.81. The van der Waals surface area contributed by atoms with Crippen LogP contribution in [0.25, 0.3) is 10.9 Å². The summed E-state index contributed by atoms with van der Waals surface area (Å²) in [6.45, 7) is 6.66. The molecule has 0 atom stereocenters. The zero-order chi connectivity index (χ0) is 21.0. The second kappa shape index (κ2) is 8.96. The van der Waals surface area contributed by atoms with E-state index in [1.165, 1.54) is 11.1 Å². The number of morpholine rings is 1. The van der Waals surface area contributed by atoms with Gasteiger partial charge in [0, 0.05) is 43.3 Å². The summed E-state index contributed by atoms with van der Waals surface area (Å²) < 4.78 is 33.0. The van der Waals surface area contributed by atoms with Crippen LogP contribution in [0, 0.1) is 0 Å². The number of ether oxygens (including phenoxy) is 1. The highest BCUT2D eigenvalue weighted by Gasteiger charge is 2.27. The van der Waals surface area contributed by atoms with Crippen LogP contribution < -0.4 is 0 Å². The van der Waals surface area contributed by atoms with Crippen LogP contribution in [-0.2, 0) is 30.7 Å². The monoisotopic (exact) mass is 421 g/mol. The van der Waals surface area contributed by atoms with Gasteiger partial charge in [-0.1, -0.05) is 18.2 Å². The Labute approximate surface area is 170 Å². The fraction of sp³-hybridized carbons (Fsp3) is 0.500. The Hall–Kier alpha value is -2.39. The Morgan fingerprint density at radius 1 is 1.10 bits per heavy atom. The van der Waals surface area contributed by atoms with Crippen LogP contribution >= 0.6 is 0 Å². The standard InChI is InChI=1S/C20H27N3O5S/c1-3-21(4-2)20(25)15-29(26,27)18-13-23(17-8-6-5-7-16(17)18)14-19(24)22-9-11-28-12-10-22/h5-8,13H,3-4,9-12,14-15H2,1-2H3. The Bertz CT molecular complexity index is 989. The second-order valence-corrected chi connectivity index (χ2v) is 8.91. The summed E-state index contributed by atoms with van der Waals surface area (Å²) >= 11 is 0. The third kappa shape index (κ3) is 4.62. The largest absolute Gasteiger partial charge is 0.378 e. The van der Waals surface area contributed by atoms with Crippen molar-refractivity contribution >= 4 is 32.6 Å². The lowest BCUT2D eigenvalue weighted by Crippen LogP contribution is -2.42. The molecule has 0 N–H and O–H groups in total. The van der Waals surface area contributed by atoms with E-state index in [2.05, 4.69) is 0 Å². The maximum Gasteiger partial charge on any atom is 0.242 e. The lowest BCUT2D eigenvalue weighted by molar-refractivity contribution is -0.135. The van der Waals surface area contributed by atoms with E-state index < -0.39 is 21.5 Å². The van der Waals surface area contributed by atoms with Crippen LogP contribution in [-0.4, -0.2) is 79.7 Å². The van der Waals surface area contributed by atoms with E-state index in [0.717, 1.165) is 0 Å². The lowest BCUT2D eigenvalue weighted by Gasteiger charge is -2.27. The van der Waals surface area contributed by atoms with Gasteiger partial charge in [0.15, 0.2) is 9.84 Å². The van der Waals surface area contributed by atoms with Crippen molar-refractivity contribution in [2.45, 2.75) is 25.3 Å². The fourth-order valence-corrected chi connectivity index (χ4v) is 5.02. The predicted molar refractivity (Wildman–Crippen MR) is 109 cm³/mol. The number of aromatic nitrogens is 1. The van der Waals surface area contributed by atoms with Crippen molar-refractivity contribution in [3.8, 4) is 0 Å². The first-order chi connectivity index (χ1) is 13.9. The van der Waals surface area contributed by atoms with E-state index in [0.29, 0.717) is 50.3 Å². The van der Waals surface area contributed by atoms with E-state index in [-0.39, 0.29) is 17.3 Å². The molecule has 3 rings (SSSR count). The quantitative estimate of drug-likeness (QED) is 0.669. The van der Waals surface area contributed by atoms with Gasteiger partial charge in [0.1, 0.15) is 12.3 Å². The highest BCUT2D eigenvalue weighted by molar-refractivity contribution is 7.92. The van der Waals surface area contributed by atoms with Gasteiger partial charge in [-0.05, 0) is 19.9 Å². The minimum absolute atomic E-state index is 0.0417. The Balaban J connectivity index is 1.91. The highest BCUT2D eigenvalue weighted by atomic mass is 32.2. The van der Waals surface area contributed by atoms with Gasteiger partial charge in [0.25, 0.3) is 0 Å². The maximum atomic E-state index is 13.0. The van der Waals surface area contributed by atoms with Gasteiger partial charge in [-0.15, -0.1) is 0 Å². The van der Waals surface area contributed by atoms with E-state index in [9.17, 15) is 18.0 Å². The molecule has 1 aliphatic rings. The molecule has 2 amide bonds. The molecule has 1 aliphatic heterocycles. The van der Waals surface area contributed by atoms with Crippen molar-refractivity contribution in [1.82, 2.24) is 14.4 Å². The summed E-state index contributed by atoms with van der Waals surface area (Å²) in [5.74, 6) is -1.09. The van der Waals surface area contributed by atoms with Gasteiger partial charge < -0.3 is 19.1 Å². The molecular formula is C20H27N3O5S. The van der Waals surface area contributed by atoms with E-state index in [4.69, 9.17) is 4.74 Å². The molecule has 1 saturated heterocycles. The molecule has 2 heterocycles. The first-order valence-corrected chi connectivity index (χ1v) is 11.5. The maximum absolute atomic E-state index is 13.0. The molecule has 0 saturated carbocycles. The lowest BCUT2D eigenvalue weighted by atomic mass is 10.2. The molecule has 0 radical (unpaired) electrons. The zero-order valence-electron chi connectivity index (χ0n) is 16.8. The van der Waals surface area contributed by atoms with Gasteiger partial charge in [-0.25, -0.2) is 8.42 Å². The summed E-state index contributed by atoms with van der Waals surface area (Å²) in [6.07, 6.45) is 1.48. The van der Waals surface area contributed by atoms with E-state index in [1.807, 2.05) is 13.8 Å². The molecule has 9 heteroatoms. The molecule has 1 fully saturated rings. The summed E-state index contributed by atoms with van der Waals surface area (Å²) in [6, 6.07) is 7.05. The van der Waals surface area contributed by atoms with Crippen molar-refractivity contribution in [1.29, 1.82) is 0 Å². The molecule has 1 aromatic carbocycles. The number of hydrogen-bond donors (Lipinski definition) is 0. The number of nitrogens with zero attached hydrogens (tertiary/aromatic N) is 3. The number of amides is 2. The highest BCUT2D eigenvalue weighted by Crippen LogP contribution is 2.26. The summed E-state index contributed by atoms with van der Waals surface area (Å²) in [7, 11) is -3.85. The third-order valence-electron chi connectivity index (χ3n) is 5.19. The van der Waals surface area contributed by atoms with Crippen LogP contribution in [0.15, 0.2) is 35.4 Å². The molecule has 0 unspecified atom stereocenters. The molecule has 1 aromatic heterocycles. The third-order valence-corrected chi connectivity index (χ3v) is 6.81. The average molecular weight is 422 g/mol. The first kappa shape index (κ1) is 21.3. The smallest absolute Gasteiger partial charge is 0.242 e. The van der Waals surface area contributed by atoms with Gasteiger partial charge in [-0.2, -0.15) is 0 Å². The van der Waals surface area contributed by atoms with Gasteiger partial charge in [-0.3, -0.25) is 9.59 Å². The number of benzene rings is 1. The number of para-hydroxylation sites is 1. The SMILES string of the molecule is CCN(CC)C(=O)CS(=O)(=O)c1cn(CC(=O)N2CCOCC2)c2ccccc12. The van der Waals surface area contributed by atoms with Crippen molar-refractivity contribution in [2.75, 3.05) is 45.1 Å². The molecule has 0 spiro atoms. The normalized spacial score (nSPS) is 14.9. The molecule has 8 nitrogen and oxygen atoms in total. The van der Waals surface area contributed by atoms with Crippen LogP contribution in [0.3, 0.4) is 0 Å². The number of rotatable bonds is 7. The van der Waals surface area contributed by atoms with E-state index >= 15 is 0 Å². The Morgan fingerprint density at radius 2 is 1.76 bits per heavy atom. The van der Waals surface area contributed by atoms with Gasteiger partial charge in [0.2, 0.25) is 11.8 Å². The number of fused-ring (bicyclic) bond motifs is 1. The van der Waals surface area contributed by atoms with Gasteiger partial charge in [0.05, 0.1) is 18.1 Å². The predicted octanol–water partition coefficient (Wildman–Crippen LogP) is 1.14. The van der Waals surface area contributed by atoms with Crippen LogP contribution in [0.1, 0.15) is 13.8 Å². The summed E-state index contributed by atoms with van der Waals surface area (Å²) in [5, 5.41) is 0.523.